The van der Waals surface area contributed by atoms with Gasteiger partial charge in [-0.1, -0.05) is 11.3 Å². The normalized spacial score (nSPS) is 11.0. The van der Waals surface area contributed by atoms with E-state index in [1.807, 2.05) is 0 Å². The van der Waals surface area contributed by atoms with Crippen LogP contribution in [0, 0.1) is 20.2 Å². The Hall–Kier alpha value is -4.13. The van der Waals surface area contributed by atoms with E-state index < -0.39 is 28.1 Å². The van der Waals surface area contributed by atoms with Crippen molar-refractivity contribution in [3.8, 4) is 0 Å². The number of benzene rings is 2. The molecule has 1 N–H and O–H groups in total. The van der Waals surface area contributed by atoms with Crippen LogP contribution in [0.4, 0.5) is 16.5 Å². The summed E-state index contributed by atoms with van der Waals surface area (Å²) in [6.07, 6.45) is 0. The van der Waals surface area contributed by atoms with Crippen LogP contribution in [0.3, 0.4) is 0 Å². The Bertz CT molecular complexity index is 1370. The molecule has 0 saturated heterocycles. The third-order valence-corrected chi connectivity index (χ3v) is 4.93. The zero-order valence-corrected chi connectivity index (χ0v) is 15.0. The van der Waals surface area contributed by atoms with Gasteiger partial charge in [0.05, 0.1) is 31.6 Å². The molecule has 0 radical (unpaired) electrons. The number of nitro groups is 2. The van der Waals surface area contributed by atoms with E-state index in [1.165, 1.54) is 30.3 Å². The highest BCUT2D eigenvalue weighted by Crippen LogP contribution is 2.29. The molecule has 2 heterocycles. The van der Waals surface area contributed by atoms with E-state index in [-0.39, 0.29) is 27.6 Å². The number of hydrogen-bond donors (Lipinski definition) is 1. The van der Waals surface area contributed by atoms with Gasteiger partial charge < -0.3 is 9.73 Å². The van der Waals surface area contributed by atoms with Crippen LogP contribution in [0.15, 0.2) is 45.6 Å². The Labute approximate surface area is 163 Å². The van der Waals surface area contributed by atoms with Gasteiger partial charge in [-0.2, -0.15) is 0 Å². The fraction of sp³-hybridized carbons (Fsp3) is 0.0625. The summed E-state index contributed by atoms with van der Waals surface area (Å²) in [4.78, 5) is 49.0. The quantitative estimate of drug-likeness (QED) is 0.384. The van der Waals surface area contributed by atoms with Crippen LogP contribution in [-0.2, 0) is 11.3 Å². The second kappa shape index (κ2) is 6.79. The van der Waals surface area contributed by atoms with Gasteiger partial charge in [-0.25, -0.2) is 9.78 Å². The minimum absolute atomic E-state index is 0.00991. The Morgan fingerprint density at radius 2 is 1.83 bits per heavy atom. The van der Waals surface area contributed by atoms with E-state index in [2.05, 4.69) is 10.3 Å². The first kappa shape index (κ1) is 18.2. The number of carbonyl (C=O) groups excluding carboxylic acids is 1. The molecule has 1 amide bonds. The molecule has 0 aliphatic rings. The van der Waals surface area contributed by atoms with Crippen molar-refractivity contribution in [3.63, 3.8) is 0 Å². The van der Waals surface area contributed by atoms with Crippen molar-refractivity contribution in [2.75, 3.05) is 5.32 Å². The van der Waals surface area contributed by atoms with Crippen LogP contribution in [0.2, 0.25) is 0 Å². The number of rotatable bonds is 5. The topological polar surface area (TPSA) is 163 Å². The van der Waals surface area contributed by atoms with E-state index in [1.54, 1.807) is 0 Å². The van der Waals surface area contributed by atoms with Crippen LogP contribution in [0.25, 0.3) is 21.3 Å². The molecular formula is C16H9N5O7S. The molecular weight excluding hydrogens is 406 g/mol. The van der Waals surface area contributed by atoms with Gasteiger partial charge in [0.1, 0.15) is 6.54 Å². The van der Waals surface area contributed by atoms with Crippen molar-refractivity contribution < 1.29 is 19.1 Å². The third kappa shape index (κ3) is 3.41. The van der Waals surface area contributed by atoms with Gasteiger partial charge in [0.2, 0.25) is 5.91 Å². The van der Waals surface area contributed by atoms with Crippen LogP contribution < -0.4 is 11.1 Å². The standard InChI is InChI=1S/C16H9N5O7S/c22-14(18-15-17-10-3-1-9(21(26)27)6-13(10)29-15)7-19-11-4-2-8(20(24)25)5-12(11)28-16(19)23/h1-6H,7H2,(H,17,18,22). The Morgan fingerprint density at radius 3 is 2.55 bits per heavy atom. The molecule has 146 valence electrons. The first-order valence-electron chi connectivity index (χ1n) is 7.94. The maximum absolute atomic E-state index is 12.3. The van der Waals surface area contributed by atoms with E-state index >= 15 is 0 Å². The van der Waals surface area contributed by atoms with E-state index in [0.717, 1.165) is 22.0 Å². The molecule has 0 bridgehead atoms. The van der Waals surface area contributed by atoms with Crippen LogP contribution in [0.1, 0.15) is 0 Å². The summed E-state index contributed by atoms with van der Waals surface area (Å²) in [5, 5.41) is 24.4. The monoisotopic (exact) mass is 415 g/mol. The number of thiazole rings is 1. The zero-order chi connectivity index (χ0) is 20.7. The number of anilines is 1. The largest absolute Gasteiger partial charge is 0.420 e. The summed E-state index contributed by atoms with van der Waals surface area (Å²) in [5.74, 6) is -1.42. The molecule has 12 nitrogen and oxygen atoms in total. The maximum atomic E-state index is 12.3. The van der Waals surface area contributed by atoms with Crippen LogP contribution >= 0.6 is 11.3 Å². The predicted molar refractivity (Wildman–Crippen MR) is 102 cm³/mol. The zero-order valence-electron chi connectivity index (χ0n) is 14.2. The number of carbonyl (C=O) groups is 1. The molecule has 2 aromatic heterocycles. The third-order valence-electron chi connectivity index (χ3n) is 3.99. The van der Waals surface area contributed by atoms with E-state index in [0.29, 0.717) is 10.2 Å². The molecule has 0 spiro atoms. The van der Waals surface area contributed by atoms with E-state index in [4.69, 9.17) is 4.42 Å². The first-order chi connectivity index (χ1) is 13.8. The van der Waals surface area contributed by atoms with Crippen LogP contribution in [-0.4, -0.2) is 25.3 Å². The fourth-order valence-electron chi connectivity index (χ4n) is 2.70. The van der Waals surface area contributed by atoms with Gasteiger partial charge in [-0.15, -0.1) is 0 Å². The number of non-ortho nitro benzene ring substituents is 2. The number of nitrogens with zero attached hydrogens (tertiary/aromatic N) is 4. The van der Waals surface area contributed by atoms with Gasteiger partial charge in [0, 0.05) is 18.2 Å². The van der Waals surface area contributed by atoms with Crippen molar-refractivity contribution in [2.24, 2.45) is 0 Å². The number of amides is 1. The summed E-state index contributed by atoms with van der Waals surface area (Å²) in [5.41, 5.74) is 0.366. The second-order valence-electron chi connectivity index (χ2n) is 5.84. The van der Waals surface area contributed by atoms with Crippen molar-refractivity contribution in [2.45, 2.75) is 6.54 Å². The van der Waals surface area contributed by atoms with Crippen molar-refractivity contribution in [1.82, 2.24) is 9.55 Å². The smallest absolute Gasteiger partial charge is 0.407 e. The van der Waals surface area contributed by atoms with Gasteiger partial charge in [-0.3, -0.25) is 29.6 Å². The van der Waals surface area contributed by atoms with Crippen LogP contribution in [0.5, 0.6) is 0 Å². The minimum atomic E-state index is -0.837. The summed E-state index contributed by atoms with van der Waals surface area (Å²) in [6, 6.07) is 7.76. The molecule has 29 heavy (non-hydrogen) atoms. The summed E-state index contributed by atoms with van der Waals surface area (Å²) in [7, 11) is 0. The van der Waals surface area contributed by atoms with Crippen molar-refractivity contribution in [1.29, 1.82) is 0 Å². The Kier molecular flexibility index (Phi) is 4.27. The lowest BCUT2D eigenvalue weighted by Crippen LogP contribution is -2.24. The molecule has 0 aliphatic carbocycles. The summed E-state index contributed by atoms with van der Waals surface area (Å²) in [6.45, 7) is -0.403. The molecule has 0 atom stereocenters. The molecule has 2 aromatic carbocycles. The maximum Gasteiger partial charge on any atom is 0.420 e. The number of oxazole rings is 1. The molecule has 0 fully saturated rings. The fourth-order valence-corrected chi connectivity index (χ4v) is 3.62. The predicted octanol–water partition coefficient (Wildman–Crippen LogP) is 2.66. The highest BCUT2D eigenvalue weighted by Gasteiger charge is 2.17. The molecule has 0 saturated carbocycles. The molecule has 0 aliphatic heterocycles. The number of nitro benzene ring substituents is 2. The number of aromatic nitrogens is 2. The number of fused-ring (bicyclic) bond motifs is 2. The highest BCUT2D eigenvalue weighted by molar-refractivity contribution is 7.22. The van der Waals surface area contributed by atoms with Gasteiger partial charge >= 0.3 is 5.76 Å². The van der Waals surface area contributed by atoms with Crippen molar-refractivity contribution >= 4 is 55.1 Å². The highest BCUT2D eigenvalue weighted by atomic mass is 32.1. The van der Waals surface area contributed by atoms with Crippen molar-refractivity contribution in [3.05, 3.63) is 67.2 Å². The lowest BCUT2D eigenvalue weighted by molar-refractivity contribution is -0.384. The number of nitrogens with one attached hydrogen (secondary N) is 1. The molecule has 4 aromatic rings. The van der Waals surface area contributed by atoms with Gasteiger partial charge in [0.15, 0.2) is 10.7 Å². The molecule has 0 unspecified atom stereocenters. The summed E-state index contributed by atoms with van der Waals surface area (Å²) < 4.78 is 6.53. The lowest BCUT2D eigenvalue weighted by atomic mass is 10.3. The van der Waals surface area contributed by atoms with Gasteiger partial charge in [-0.05, 0) is 12.1 Å². The van der Waals surface area contributed by atoms with E-state index in [9.17, 15) is 29.8 Å². The SMILES string of the molecule is O=C(Cn1c(=O)oc2cc([N+](=O)[O-])ccc21)Nc1nc2ccc([N+](=O)[O-])cc2s1. The molecule has 4 rings (SSSR count). The van der Waals surface area contributed by atoms with Gasteiger partial charge in [0.25, 0.3) is 11.4 Å². The second-order valence-corrected chi connectivity index (χ2v) is 6.87. The average Bonchev–Trinajstić information content (AvgIpc) is 3.20. The summed E-state index contributed by atoms with van der Waals surface area (Å²) >= 11 is 1.05. The first-order valence-corrected chi connectivity index (χ1v) is 8.76. The Morgan fingerprint density at radius 1 is 1.14 bits per heavy atom. The average molecular weight is 415 g/mol. The Balaban J connectivity index is 1.58. The molecule has 13 heteroatoms. The lowest BCUT2D eigenvalue weighted by Gasteiger charge is -2.02. The number of hydrogen-bond acceptors (Lipinski definition) is 9. The minimum Gasteiger partial charge on any atom is -0.407 e.